The molecule has 20 heavy (non-hydrogen) atoms. The van der Waals surface area contributed by atoms with Crippen molar-refractivity contribution in [2.24, 2.45) is 7.05 Å². The third-order valence-electron chi connectivity index (χ3n) is 2.62. The molecule has 0 aliphatic carbocycles. The van der Waals surface area contributed by atoms with Gasteiger partial charge in [-0.25, -0.2) is 4.79 Å². The maximum Gasteiger partial charge on any atom is 0.335 e. The molecule has 1 aromatic carbocycles. The minimum Gasteiger partial charge on any atom is -0.493 e. The highest BCUT2D eigenvalue weighted by Gasteiger charge is 2.15. The van der Waals surface area contributed by atoms with Crippen LogP contribution in [0.15, 0.2) is 24.5 Å². The number of hydrogen-bond donors (Lipinski definition) is 1. The van der Waals surface area contributed by atoms with Crippen molar-refractivity contribution in [1.82, 2.24) is 9.78 Å². The topological polar surface area (TPSA) is 73.6 Å². The van der Waals surface area contributed by atoms with Crippen molar-refractivity contribution in [2.75, 3.05) is 7.11 Å². The number of aromatic nitrogens is 2. The first-order chi connectivity index (χ1) is 9.51. The highest BCUT2D eigenvalue weighted by molar-refractivity contribution is 6.32. The van der Waals surface area contributed by atoms with Crippen molar-refractivity contribution in [2.45, 2.75) is 6.61 Å². The predicted molar refractivity (Wildman–Crippen MR) is 72.5 cm³/mol. The predicted octanol–water partition coefficient (Wildman–Crippen LogP) is 2.36. The van der Waals surface area contributed by atoms with Gasteiger partial charge in [0.25, 0.3) is 0 Å². The monoisotopic (exact) mass is 296 g/mol. The van der Waals surface area contributed by atoms with E-state index in [1.54, 1.807) is 17.9 Å². The van der Waals surface area contributed by atoms with Crippen LogP contribution >= 0.6 is 11.6 Å². The number of nitrogens with zero attached hydrogens (tertiary/aromatic N) is 2. The summed E-state index contributed by atoms with van der Waals surface area (Å²) in [5.41, 5.74) is 0.911. The van der Waals surface area contributed by atoms with Gasteiger partial charge in [-0.3, -0.25) is 4.68 Å². The van der Waals surface area contributed by atoms with Crippen LogP contribution in [-0.4, -0.2) is 28.0 Å². The Hall–Kier alpha value is -2.21. The SMILES string of the molecule is COc1cc(C(=O)O)cc(Cl)c1OCc1cnn(C)c1. The van der Waals surface area contributed by atoms with Crippen LogP contribution in [0.5, 0.6) is 11.5 Å². The summed E-state index contributed by atoms with van der Waals surface area (Å²) in [5.74, 6) is -0.495. The fourth-order valence-corrected chi connectivity index (χ4v) is 1.95. The molecule has 0 saturated carbocycles. The summed E-state index contributed by atoms with van der Waals surface area (Å²) in [6.07, 6.45) is 3.48. The average Bonchev–Trinajstić information content (AvgIpc) is 2.82. The molecule has 6 nitrogen and oxygen atoms in total. The number of hydrogen-bond acceptors (Lipinski definition) is 4. The highest BCUT2D eigenvalue weighted by atomic mass is 35.5. The van der Waals surface area contributed by atoms with Gasteiger partial charge in [-0.1, -0.05) is 11.6 Å². The number of rotatable bonds is 5. The summed E-state index contributed by atoms with van der Waals surface area (Å²) in [4.78, 5) is 10.9. The molecule has 1 N–H and O–H groups in total. The third-order valence-corrected chi connectivity index (χ3v) is 2.90. The molecule has 1 heterocycles. The zero-order valence-corrected chi connectivity index (χ0v) is 11.7. The molecular weight excluding hydrogens is 284 g/mol. The van der Waals surface area contributed by atoms with Gasteiger partial charge in [-0.2, -0.15) is 5.10 Å². The van der Waals surface area contributed by atoms with Crippen LogP contribution in [-0.2, 0) is 13.7 Å². The van der Waals surface area contributed by atoms with E-state index in [4.69, 9.17) is 26.2 Å². The maximum absolute atomic E-state index is 10.9. The molecule has 0 spiro atoms. The van der Waals surface area contributed by atoms with E-state index < -0.39 is 5.97 Å². The Morgan fingerprint density at radius 1 is 1.50 bits per heavy atom. The number of aryl methyl sites for hydroxylation is 1. The lowest BCUT2D eigenvalue weighted by Gasteiger charge is -2.12. The molecule has 2 aromatic rings. The van der Waals surface area contributed by atoms with Crippen molar-refractivity contribution >= 4 is 17.6 Å². The fraction of sp³-hybridized carbons (Fsp3) is 0.231. The smallest absolute Gasteiger partial charge is 0.335 e. The summed E-state index contributed by atoms with van der Waals surface area (Å²) in [7, 11) is 3.23. The fourth-order valence-electron chi connectivity index (χ4n) is 1.69. The first kappa shape index (κ1) is 14.2. The number of halogens is 1. The van der Waals surface area contributed by atoms with Gasteiger partial charge in [-0.05, 0) is 12.1 Å². The van der Waals surface area contributed by atoms with Gasteiger partial charge < -0.3 is 14.6 Å². The number of ether oxygens (including phenoxy) is 2. The number of aromatic carboxylic acids is 1. The molecule has 2 rings (SSSR count). The van der Waals surface area contributed by atoms with E-state index >= 15 is 0 Å². The Balaban J connectivity index is 2.24. The minimum atomic E-state index is -1.08. The zero-order chi connectivity index (χ0) is 14.7. The van der Waals surface area contributed by atoms with E-state index in [9.17, 15) is 4.79 Å². The molecular formula is C13H13ClN2O4. The Bertz CT molecular complexity index is 639. The van der Waals surface area contributed by atoms with Crippen LogP contribution in [0.25, 0.3) is 0 Å². The largest absolute Gasteiger partial charge is 0.493 e. The molecule has 0 fully saturated rings. The van der Waals surface area contributed by atoms with Crippen molar-refractivity contribution in [3.05, 3.63) is 40.7 Å². The van der Waals surface area contributed by atoms with Crippen molar-refractivity contribution in [3.8, 4) is 11.5 Å². The van der Waals surface area contributed by atoms with Gasteiger partial charge in [0, 0.05) is 18.8 Å². The second kappa shape index (κ2) is 5.83. The van der Waals surface area contributed by atoms with Gasteiger partial charge in [0.15, 0.2) is 11.5 Å². The van der Waals surface area contributed by atoms with Crippen LogP contribution in [0.3, 0.4) is 0 Å². The van der Waals surface area contributed by atoms with Crippen molar-refractivity contribution < 1.29 is 19.4 Å². The van der Waals surface area contributed by atoms with E-state index in [0.29, 0.717) is 5.75 Å². The summed E-state index contributed by atoms with van der Waals surface area (Å²) in [6.45, 7) is 0.260. The Morgan fingerprint density at radius 2 is 2.25 bits per heavy atom. The molecule has 7 heteroatoms. The third kappa shape index (κ3) is 3.03. The van der Waals surface area contributed by atoms with Gasteiger partial charge in [0.1, 0.15) is 6.61 Å². The number of methoxy groups -OCH3 is 1. The van der Waals surface area contributed by atoms with E-state index in [0.717, 1.165) is 5.56 Å². The van der Waals surface area contributed by atoms with Crippen LogP contribution < -0.4 is 9.47 Å². The molecule has 0 unspecified atom stereocenters. The quantitative estimate of drug-likeness (QED) is 0.917. The molecule has 0 amide bonds. The summed E-state index contributed by atoms with van der Waals surface area (Å²) in [5, 5.41) is 13.2. The van der Waals surface area contributed by atoms with E-state index in [1.165, 1.54) is 19.2 Å². The number of carboxylic acids is 1. The molecule has 0 radical (unpaired) electrons. The highest BCUT2D eigenvalue weighted by Crippen LogP contribution is 2.36. The molecule has 0 atom stereocenters. The Labute approximate surface area is 120 Å². The van der Waals surface area contributed by atoms with Gasteiger partial charge in [-0.15, -0.1) is 0 Å². The molecule has 1 aromatic heterocycles. The molecule has 0 saturated heterocycles. The van der Waals surface area contributed by atoms with Crippen LogP contribution in [0.1, 0.15) is 15.9 Å². The normalized spacial score (nSPS) is 10.3. The molecule has 0 bridgehead atoms. The van der Waals surface area contributed by atoms with Gasteiger partial charge in [0.2, 0.25) is 0 Å². The zero-order valence-electron chi connectivity index (χ0n) is 11.0. The first-order valence-electron chi connectivity index (χ1n) is 5.72. The van der Waals surface area contributed by atoms with Crippen LogP contribution in [0, 0.1) is 0 Å². The van der Waals surface area contributed by atoms with Gasteiger partial charge in [0.05, 0.1) is 23.9 Å². The Morgan fingerprint density at radius 3 is 2.80 bits per heavy atom. The second-order valence-electron chi connectivity index (χ2n) is 4.11. The molecule has 0 aliphatic rings. The minimum absolute atomic E-state index is 0.0422. The Kier molecular flexibility index (Phi) is 4.14. The lowest BCUT2D eigenvalue weighted by atomic mass is 10.2. The van der Waals surface area contributed by atoms with Crippen LogP contribution in [0.4, 0.5) is 0 Å². The van der Waals surface area contributed by atoms with E-state index in [2.05, 4.69) is 5.10 Å². The summed E-state index contributed by atoms with van der Waals surface area (Å²) < 4.78 is 12.4. The lowest BCUT2D eigenvalue weighted by Crippen LogP contribution is -2.01. The first-order valence-corrected chi connectivity index (χ1v) is 6.10. The number of carboxylic acid groups (broad SMARTS) is 1. The lowest BCUT2D eigenvalue weighted by molar-refractivity contribution is 0.0696. The molecule has 106 valence electrons. The number of carbonyl (C=O) groups is 1. The second-order valence-corrected chi connectivity index (χ2v) is 4.51. The van der Waals surface area contributed by atoms with Crippen molar-refractivity contribution in [1.29, 1.82) is 0 Å². The summed E-state index contributed by atoms with van der Waals surface area (Å²) in [6, 6.07) is 2.69. The van der Waals surface area contributed by atoms with Crippen LogP contribution in [0.2, 0.25) is 5.02 Å². The average molecular weight is 297 g/mol. The summed E-state index contributed by atoms with van der Waals surface area (Å²) >= 11 is 6.04. The van der Waals surface area contributed by atoms with Gasteiger partial charge >= 0.3 is 5.97 Å². The van der Waals surface area contributed by atoms with E-state index in [1.807, 2.05) is 6.20 Å². The van der Waals surface area contributed by atoms with E-state index in [-0.39, 0.29) is 22.9 Å². The number of benzene rings is 1. The van der Waals surface area contributed by atoms with Crippen molar-refractivity contribution in [3.63, 3.8) is 0 Å². The molecule has 0 aliphatic heterocycles. The standard InChI is InChI=1S/C13H13ClN2O4/c1-16-6-8(5-15-16)7-20-12-10(14)3-9(13(17)18)4-11(12)19-2/h3-6H,7H2,1-2H3,(H,17,18). The maximum atomic E-state index is 10.9.